The van der Waals surface area contributed by atoms with Gasteiger partial charge in [-0.2, -0.15) is 0 Å². The van der Waals surface area contributed by atoms with Crippen LogP contribution in [0.15, 0.2) is 67.0 Å². The number of amides is 1. The number of hydrogen-bond donors (Lipinski definition) is 0. The topological polar surface area (TPSA) is 62.2 Å². The van der Waals surface area contributed by atoms with Crippen molar-refractivity contribution in [3.8, 4) is 11.5 Å². The Bertz CT molecular complexity index is 964. The van der Waals surface area contributed by atoms with Crippen molar-refractivity contribution in [2.45, 2.75) is 31.7 Å². The van der Waals surface area contributed by atoms with Crippen molar-refractivity contribution >= 4 is 11.6 Å². The molecule has 1 amide bonds. The van der Waals surface area contributed by atoms with Gasteiger partial charge in [0.25, 0.3) is 0 Å². The molecule has 0 radical (unpaired) electrons. The van der Waals surface area contributed by atoms with E-state index in [-0.39, 0.29) is 11.9 Å². The van der Waals surface area contributed by atoms with E-state index in [2.05, 4.69) is 34.0 Å². The molecular weight excluding hydrogens is 374 g/mol. The molecule has 1 aliphatic rings. The van der Waals surface area contributed by atoms with E-state index in [0.717, 1.165) is 43.7 Å². The Morgan fingerprint density at radius 3 is 2.70 bits per heavy atom. The number of carbonyl (C=O) groups excluding carboxylic acids is 1. The minimum atomic E-state index is 0.0230. The summed E-state index contributed by atoms with van der Waals surface area (Å²) in [5, 5.41) is 0. The number of benzene rings is 1. The van der Waals surface area contributed by atoms with Crippen LogP contribution < -0.4 is 4.90 Å². The molecule has 30 heavy (non-hydrogen) atoms. The molecule has 6 heteroatoms. The van der Waals surface area contributed by atoms with Gasteiger partial charge >= 0.3 is 0 Å². The molecule has 0 unspecified atom stereocenters. The molecule has 1 saturated heterocycles. The Hall–Kier alpha value is -3.28. The van der Waals surface area contributed by atoms with Gasteiger partial charge in [0.05, 0.1) is 11.7 Å². The van der Waals surface area contributed by atoms with Gasteiger partial charge in [-0.1, -0.05) is 24.3 Å². The molecule has 4 rings (SSSR count). The molecule has 3 aromatic rings. The summed E-state index contributed by atoms with van der Waals surface area (Å²) in [5.74, 6) is 0.814. The van der Waals surface area contributed by atoms with E-state index in [1.54, 1.807) is 12.4 Å². The lowest BCUT2D eigenvalue weighted by molar-refractivity contribution is -0.132. The summed E-state index contributed by atoms with van der Waals surface area (Å²) in [6.07, 6.45) is 6.82. The van der Waals surface area contributed by atoms with E-state index in [0.29, 0.717) is 12.2 Å². The zero-order chi connectivity index (χ0) is 20.8. The fourth-order valence-corrected chi connectivity index (χ4v) is 3.97. The van der Waals surface area contributed by atoms with E-state index >= 15 is 0 Å². The van der Waals surface area contributed by atoms with E-state index in [9.17, 15) is 4.79 Å². The number of hydrogen-bond acceptors (Lipinski definition) is 5. The normalized spacial score (nSPS) is 15.9. The van der Waals surface area contributed by atoms with Crippen LogP contribution in [0.4, 0.5) is 5.69 Å². The van der Waals surface area contributed by atoms with Crippen molar-refractivity contribution in [3.05, 3.63) is 72.7 Å². The summed E-state index contributed by atoms with van der Waals surface area (Å²) >= 11 is 0. The Morgan fingerprint density at radius 1 is 1.07 bits per heavy atom. The lowest BCUT2D eigenvalue weighted by Gasteiger charge is -2.25. The molecule has 0 aliphatic carbocycles. The first-order chi connectivity index (χ1) is 14.7. The van der Waals surface area contributed by atoms with E-state index in [4.69, 9.17) is 4.98 Å². The van der Waals surface area contributed by atoms with Gasteiger partial charge in [-0.3, -0.25) is 9.78 Å². The lowest BCUT2D eigenvalue weighted by Crippen LogP contribution is -2.31. The monoisotopic (exact) mass is 401 g/mol. The molecule has 1 aromatic carbocycles. The van der Waals surface area contributed by atoms with Crippen molar-refractivity contribution in [1.82, 2.24) is 19.9 Å². The highest BCUT2D eigenvalue weighted by Gasteiger charge is 2.30. The molecule has 2 aromatic heterocycles. The molecule has 0 saturated carbocycles. The van der Waals surface area contributed by atoms with Gasteiger partial charge in [-0.25, -0.2) is 9.97 Å². The second kappa shape index (κ2) is 9.48. The minimum absolute atomic E-state index is 0.0230. The predicted molar refractivity (Wildman–Crippen MR) is 118 cm³/mol. The highest BCUT2D eigenvalue weighted by atomic mass is 16.2. The summed E-state index contributed by atoms with van der Waals surface area (Å²) in [6, 6.07) is 17.9. The Morgan fingerprint density at radius 2 is 1.90 bits per heavy atom. The van der Waals surface area contributed by atoms with Crippen molar-refractivity contribution in [3.63, 3.8) is 0 Å². The molecule has 0 spiro atoms. The molecular formula is C24H27N5O. The molecule has 1 fully saturated rings. The molecule has 1 atom stereocenters. The van der Waals surface area contributed by atoms with E-state index in [1.807, 2.05) is 47.4 Å². The van der Waals surface area contributed by atoms with Crippen LogP contribution in [-0.4, -0.2) is 45.9 Å². The SMILES string of the molecule is CN(CCCC(=O)N1CCC[C@@H]1c1ccnc(-c2ccccn2)n1)c1ccccc1. The van der Waals surface area contributed by atoms with Crippen LogP contribution in [-0.2, 0) is 4.79 Å². The number of anilines is 1. The fraction of sp³-hybridized carbons (Fsp3) is 0.333. The molecule has 6 nitrogen and oxygen atoms in total. The number of aromatic nitrogens is 3. The number of rotatable bonds is 7. The van der Waals surface area contributed by atoms with Gasteiger partial charge in [0, 0.05) is 44.6 Å². The lowest BCUT2D eigenvalue weighted by atomic mass is 10.1. The van der Waals surface area contributed by atoms with Crippen LogP contribution in [0.2, 0.25) is 0 Å². The minimum Gasteiger partial charge on any atom is -0.375 e. The Kier molecular flexibility index (Phi) is 6.32. The predicted octanol–water partition coefficient (Wildman–Crippen LogP) is 4.12. The second-order valence-electron chi connectivity index (χ2n) is 7.63. The average Bonchev–Trinajstić information content (AvgIpc) is 3.30. The third-order valence-corrected chi connectivity index (χ3v) is 5.57. The molecule has 0 bridgehead atoms. The number of pyridine rings is 1. The average molecular weight is 402 g/mol. The summed E-state index contributed by atoms with van der Waals surface area (Å²) < 4.78 is 0. The second-order valence-corrected chi connectivity index (χ2v) is 7.63. The molecule has 3 heterocycles. The number of para-hydroxylation sites is 1. The van der Waals surface area contributed by atoms with Gasteiger partial charge in [0.15, 0.2) is 5.82 Å². The van der Waals surface area contributed by atoms with Crippen LogP contribution >= 0.6 is 0 Å². The highest BCUT2D eigenvalue weighted by Crippen LogP contribution is 2.32. The first-order valence-electron chi connectivity index (χ1n) is 10.5. The van der Waals surface area contributed by atoms with Gasteiger partial charge in [0.2, 0.25) is 5.91 Å². The van der Waals surface area contributed by atoms with Crippen LogP contribution in [0.25, 0.3) is 11.5 Å². The van der Waals surface area contributed by atoms with Crippen LogP contribution in [0.3, 0.4) is 0 Å². The smallest absolute Gasteiger partial charge is 0.223 e. The van der Waals surface area contributed by atoms with Crippen molar-refractivity contribution in [2.24, 2.45) is 0 Å². The van der Waals surface area contributed by atoms with Crippen LogP contribution in [0.5, 0.6) is 0 Å². The quantitative estimate of drug-likeness (QED) is 0.596. The molecule has 0 N–H and O–H groups in total. The summed E-state index contributed by atoms with van der Waals surface area (Å²) in [6.45, 7) is 1.65. The standard InChI is InChI=1S/C24H27N5O/c1-28(19-9-3-2-4-10-19)17-8-13-23(30)29-18-7-12-22(29)20-14-16-26-24(27-20)21-11-5-6-15-25-21/h2-6,9-11,14-16,22H,7-8,12-13,17-18H2,1H3/t22-/m1/s1. The summed E-state index contributed by atoms with van der Waals surface area (Å²) in [4.78, 5) is 30.6. The number of likely N-dealkylation sites (tertiary alicyclic amines) is 1. The fourth-order valence-electron chi connectivity index (χ4n) is 3.97. The molecule has 1 aliphatic heterocycles. The van der Waals surface area contributed by atoms with Crippen molar-refractivity contribution in [2.75, 3.05) is 25.0 Å². The zero-order valence-electron chi connectivity index (χ0n) is 17.3. The van der Waals surface area contributed by atoms with Crippen LogP contribution in [0, 0.1) is 0 Å². The maximum Gasteiger partial charge on any atom is 0.223 e. The zero-order valence-corrected chi connectivity index (χ0v) is 17.3. The Labute approximate surface area is 177 Å². The van der Waals surface area contributed by atoms with Gasteiger partial charge in [-0.15, -0.1) is 0 Å². The third-order valence-electron chi connectivity index (χ3n) is 5.57. The first kappa shape index (κ1) is 20.0. The van der Waals surface area contributed by atoms with Crippen molar-refractivity contribution < 1.29 is 4.79 Å². The number of carbonyl (C=O) groups is 1. The largest absolute Gasteiger partial charge is 0.375 e. The first-order valence-corrected chi connectivity index (χ1v) is 10.5. The Balaban J connectivity index is 1.38. The maximum atomic E-state index is 13.0. The van der Waals surface area contributed by atoms with E-state index < -0.39 is 0 Å². The van der Waals surface area contributed by atoms with Gasteiger partial charge < -0.3 is 9.80 Å². The molecule has 154 valence electrons. The highest BCUT2D eigenvalue weighted by molar-refractivity contribution is 5.77. The number of nitrogens with zero attached hydrogens (tertiary/aromatic N) is 5. The summed E-state index contributed by atoms with van der Waals surface area (Å²) in [5.41, 5.74) is 2.82. The van der Waals surface area contributed by atoms with Gasteiger partial charge in [0.1, 0.15) is 5.69 Å². The van der Waals surface area contributed by atoms with E-state index in [1.165, 1.54) is 5.69 Å². The van der Waals surface area contributed by atoms with Gasteiger partial charge in [-0.05, 0) is 49.6 Å². The maximum absolute atomic E-state index is 13.0. The van der Waals surface area contributed by atoms with Crippen molar-refractivity contribution in [1.29, 1.82) is 0 Å². The van der Waals surface area contributed by atoms with Crippen LogP contribution in [0.1, 0.15) is 37.4 Å². The summed E-state index contributed by atoms with van der Waals surface area (Å²) in [7, 11) is 2.07. The third kappa shape index (κ3) is 4.64.